The molecule has 23 heavy (non-hydrogen) atoms. The van der Waals surface area contributed by atoms with Gasteiger partial charge in [-0.05, 0) is 53.4 Å². The number of hydrogen-bond donors (Lipinski definition) is 3. The quantitative estimate of drug-likeness (QED) is 0.734. The number of carbonyl (C=O) groups is 2. The third-order valence-corrected chi connectivity index (χ3v) is 3.97. The van der Waals surface area contributed by atoms with Gasteiger partial charge < -0.3 is 15.7 Å². The molecule has 0 aliphatic heterocycles. The summed E-state index contributed by atoms with van der Waals surface area (Å²) in [4.78, 5) is 23.4. The molecule has 0 saturated carbocycles. The van der Waals surface area contributed by atoms with Crippen LogP contribution in [-0.2, 0) is 9.59 Å². The highest BCUT2D eigenvalue weighted by Crippen LogP contribution is 2.18. The molecule has 2 aromatic rings. The molecule has 1 atom stereocenters. The zero-order valence-electron chi connectivity index (χ0n) is 12.5. The first-order valence-electron chi connectivity index (χ1n) is 7.03. The van der Waals surface area contributed by atoms with Crippen LogP contribution in [0.4, 0.5) is 10.1 Å². The van der Waals surface area contributed by atoms with E-state index in [1.165, 1.54) is 23.5 Å². The van der Waals surface area contributed by atoms with E-state index in [0.717, 1.165) is 11.6 Å². The molecule has 1 heterocycles. The van der Waals surface area contributed by atoms with Gasteiger partial charge in [-0.3, -0.25) is 9.59 Å². The van der Waals surface area contributed by atoms with Crippen LogP contribution >= 0.6 is 11.3 Å². The van der Waals surface area contributed by atoms with Gasteiger partial charge in [-0.1, -0.05) is 6.07 Å². The highest BCUT2D eigenvalue weighted by molar-refractivity contribution is 7.07. The van der Waals surface area contributed by atoms with Crippen molar-refractivity contribution in [1.29, 1.82) is 0 Å². The summed E-state index contributed by atoms with van der Waals surface area (Å²) in [5, 5.41) is 18.3. The number of carbonyl (C=O) groups excluding carboxylic acids is 2. The molecule has 3 N–H and O–H groups in total. The Bertz CT molecular complexity index is 689. The van der Waals surface area contributed by atoms with Crippen molar-refractivity contribution in [2.24, 2.45) is 0 Å². The largest absolute Gasteiger partial charge is 0.388 e. The molecule has 0 fully saturated rings. The van der Waals surface area contributed by atoms with Crippen molar-refractivity contribution in [3.05, 3.63) is 52.0 Å². The summed E-state index contributed by atoms with van der Waals surface area (Å²) >= 11 is 1.47. The molecule has 7 heteroatoms. The Kier molecular flexibility index (Phi) is 5.84. The Morgan fingerprint density at radius 1 is 1.30 bits per heavy atom. The van der Waals surface area contributed by atoms with Crippen molar-refractivity contribution in [2.75, 3.05) is 11.9 Å². The van der Waals surface area contributed by atoms with E-state index >= 15 is 0 Å². The number of aliphatic hydroxyl groups is 1. The van der Waals surface area contributed by atoms with Crippen LogP contribution < -0.4 is 10.6 Å². The second kappa shape index (κ2) is 7.85. The normalized spacial score (nSPS) is 11.8. The zero-order chi connectivity index (χ0) is 16.8. The summed E-state index contributed by atoms with van der Waals surface area (Å²) in [6.45, 7) is 1.76. The molecule has 2 rings (SSSR count). The monoisotopic (exact) mass is 336 g/mol. The lowest BCUT2D eigenvalue weighted by Gasteiger charge is -2.10. The number of anilines is 1. The molecular weight excluding hydrogens is 319 g/mol. The molecule has 0 saturated heterocycles. The van der Waals surface area contributed by atoms with Crippen molar-refractivity contribution in [3.63, 3.8) is 0 Å². The summed E-state index contributed by atoms with van der Waals surface area (Å²) in [7, 11) is 0. The van der Waals surface area contributed by atoms with E-state index in [2.05, 4.69) is 10.6 Å². The van der Waals surface area contributed by atoms with E-state index in [4.69, 9.17) is 0 Å². The van der Waals surface area contributed by atoms with Crippen molar-refractivity contribution in [3.8, 4) is 0 Å². The molecule has 0 bridgehead atoms. The Morgan fingerprint density at radius 3 is 2.74 bits per heavy atom. The van der Waals surface area contributed by atoms with Crippen LogP contribution in [0.15, 0.2) is 35.0 Å². The Hall–Kier alpha value is -2.25. The third-order valence-electron chi connectivity index (χ3n) is 3.27. The molecule has 1 aromatic heterocycles. The van der Waals surface area contributed by atoms with Gasteiger partial charge in [-0.15, -0.1) is 0 Å². The average molecular weight is 336 g/mol. The van der Waals surface area contributed by atoms with E-state index in [9.17, 15) is 19.1 Å². The van der Waals surface area contributed by atoms with Gasteiger partial charge in [0.15, 0.2) is 0 Å². The number of halogens is 1. The Morgan fingerprint density at radius 2 is 2.09 bits per heavy atom. The Labute approximate surface area is 137 Å². The maximum absolute atomic E-state index is 13.4. The fraction of sp³-hybridized carbons (Fsp3) is 0.250. The van der Waals surface area contributed by atoms with E-state index in [1.54, 1.807) is 13.0 Å². The maximum atomic E-state index is 13.4. The molecule has 0 aliphatic rings. The van der Waals surface area contributed by atoms with Gasteiger partial charge in [0.2, 0.25) is 0 Å². The molecule has 122 valence electrons. The lowest BCUT2D eigenvalue weighted by atomic mass is 10.1. The summed E-state index contributed by atoms with van der Waals surface area (Å²) in [5.41, 5.74) is 1.45. The van der Waals surface area contributed by atoms with Crippen molar-refractivity contribution < 1.29 is 19.1 Å². The number of nitrogens with one attached hydrogen (secondary N) is 2. The van der Waals surface area contributed by atoms with Crippen LogP contribution in [0.3, 0.4) is 0 Å². The second-order valence-corrected chi connectivity index (χ2v) is 5.82. The molecular formula is C16H17FN2O3S. The summed E-state index contributed by atoms with van der Waals surface area (Å²) < 4.78 is 13.4. The van der Waals surface area contributed by atoms with Gasteiger partial charge in [-0.25, -0.2) is 4.39 Å². The van der Waals surface area contributed by atoms with E-state index < -0.39 is 23.7 Å². The third kappa shape index (κ3) is 4.87. The van der Waals surface area contributed by atoms with Crippen molar-refractivity contribution >= 4 is 28.8 Å². The summed E-state index contributed by atoms with van der Waals surface area (Å²) in [6, 6.07) is 5.99. The zero-order valence-corrected chi connectivity index (χ0v) is 13.3. The first kappa shape index (κ1) is 17.1. The highest BCUT2D eigenvalue weighted by atomic mass is 32.1. The van der Waals surface area contributed by atoms with Crippen molar-refractivity contribution in [2.45, 2.75) is 19.4 Å². The number of aliphatic hydroxyl groups excluding tert-OH is 1. The van der Waals surface area contributed by atoms with Gasteiger partial charge >= 0.3 is 11.8 Å². The van der Waals surface area contributed by atoms with Crippen LogP contribution in [0.1, 0.15) is 23.7 Å². The molecule has 0 aliphatic carbocycles. The van der Waals surface area contributed by atoms with E-state index in [1.807, 2.05) is 10.8 Å². The number of hydrogen-bond acceptors (Lipinski definition) is 4. The molecule has 0 radical (unpaired) electrons. The van der Waals surface area contributed by atoms with Gasteiger partial charge in [0.1, 0.15) is 5.82 Å². The van der Waals surface area contributed by atoms with Crippen molar-refractivity contribution in [1.82, 2.24) is 5.32 Å². The fourth-order valence-corrected chi connectivity index (χ4v) is 2.60. The first-order valence-corrected chi connectivity index (χ1v) is 7.97. The molecule has 5 nitrogen and oxygen atoms in total. The summed E-state index contributed by atoms with van der Waals surface area (Å²) in [5.74, 6) is -2.16. The van der Waals surface area contributed by atoms with Gasteiger partial charge in [0.05, 0.1) is 6.10 Å². The van der Waals surface area contributed by atoms with Gasteiger partial charge in [-0.2, -0.15) is 11.3 Å². The SMILES string of the molecule is Cc1ccc(NC(=O)C(=O)NCC[C@H](O)c2ccsc2)cc1F. The van der Waals surface area contributed by atoms with Crippen LogP contribution in [0.5, 0.6) is 0 Å². The number of rotatable bonds is 5. The van der Waals surface area contributed by atoms with E-state index in [0.29, 0.717) is 12.0 Å². The minimum atomic E-state index is -0.877. The Balaban J connectivity index is 1.78. The number of amides is 2. The minimum Gasteiger partial charge on any atom is -0.388 e. The van der Waals surface area contributed by atoms with Crippen LogP contribution in [0.25, 0.3) is 0 Å². The highest BCUT2D eigenvalue weighted by Gasteiger charge is 2.15. The maximum Gasteiger partial charge on any atom is 0.313 e. The predicted octanol–water partition coefficient (Wildman–Crippen LogP) is 2.37. The summed E-state index contributed by atoms with van der Waals surface area (Å²) in [6.07, 6.45) is -0.384. The minimum absolute atomic E-state index is 0.158. The molecule has 0 spiro atoms. The molecule has 1 aromatic carbocycles. The molecule has 0 unspecified atom stereocenters. The lowest BCUT2D eigenvalue weighted by molar-refractivity contribution is -0.136. The van der Waals surface area contributed by atoms with Gasteiger partial charge in [0.25, 0.3) is 0 Å². The smallest absolute Gasteiger partial charge is 0.313 e. The van der Waals surface area contributed by atoms with Crippen LogP contribution in [0.2, 0.25) is 0 Å². The fourth-order valence-electron chi connectivity index (χ4n) is 1.89. The lowest BCUT2D eigenvalue weighted by Crippen LogP contribution is -2.36. The number of benzene rings is 1. The van der Waals surface area contributed by atoms with Gasteiger partial charge in [0, 0.05) is 12.2 Å². The topological polar surface area (TPSA) is 78.4 Å². The standard InChI is InChI=1S/C16H17FN2O3S/c1-10-2-3-12(8-13(10)17)19-16(22)15(21)18-6-4-14(20)11-5-7-23-9-11/h2-3,5,7-9,14,20H,4,6H2,1H3,(H,18,21)(H,19,22)/t14-/m0/s1. The second-order valence-electron chi connectivity index (χ2n) is 5.04. The predicted molar refractivity (Wildman–Crippen MR) is 86.7 cm³/mol. The number of aryl methyl sites for hydroxylation is 1. The molecule has 2 amide bonds. The number of thiophene rings is 1. The van der Waals surface area contributed by atoms with Crippen LogP contribution in [0, 0.1) is 12.7 Å². The first-order chi connectivity index (χ1) is 11.0. The van der Waals surface area contributed by atoms with Crippen LogP contribution in [-0.4, -0.2) is 23.5 Å². The average Bonchev–Trinajstić information content (AvgIpc) is 3.05. The van der Waals surface area contributed by atoms with E-state index in [-0.39, 0.29) is 12.2 Å².